The van der Waals surface area contributed by atoms with Gasteiger partial charge in [0, 0.05) is 29.8 Å². The first kappa shape index (κ1) is 32.3. The fourth-order valence-corrected chi connectivity index (χ4v) is 5.48. The molecule has 7 rings (SSSR count). The van der Waals surface area contributed by atoms with Gasteiger partial charge in [0.1, 0.15) is 18.0 Å². The molecule has 47 heavy (non-hydrogen) atoms. The van der Waals surface area contributed by atoms with Crippen LogP contribution in [0.25, 0.3) is 21.8 Å². The van der Waals surface area contributed by atoms with E-state index in [4.69, 9.17) is 36.3 Å². The number of rotatable bonds is 7. The highest BCUT2D eigenvalue weighted by Gasteiger charge is 2.49. The van der Waals surface area contributed by atoms with Crippen LogP contribution in [0.3, 0.4) is 0 Å². The Labute approximate surface area is 272 Å². The van der Waals surface area contributed by atoms with Gasteiger partial charge in [-0.3, -0.25) is 4.90 Å². The summed E-state index contributed by atoms with van der Waals surface area (Å²) in [6.07, 6.45) is 0.123. The van der Waals surface area contributed by atoms with Crippen molar-refractivity contribution in [1.29, 1.82) is 0 Å². The van der Waals surface area contributed by atoms with Crippen LogP contribution < -0.4 is 25.3 Å². The second-order valence-electron chi connectivity index (χ2n) is 10.9. The number of nitrogens with zero attached hydrogens (tertiary/aromatic N) is 5. The molecule has 2 aromatic heterocycles. The van der Waals surface area contributed by atoms with E-state index in [9.17, 15) is 13.2 Å². The molecule has 4 heterocycles. The maximum atomic E-state index is 15.0. The number of benzene rings is 3. The minimum atomic E-state index is -3.06. The summed E-state index contributed by atoms with van der Waals surface area (Å²) in [6, 6.07) is 15.5. The van der Waals surface area contributed by atoms with Gasteiger partial charge in [-0.05, 0) is 30.3 Å². The van der Waals surface area contributed by atoms with Crippen LogP contribution in [-0.4, -0.2) is 83.4 Å². The Morgan fingerprint density at radius 3 is 2.51 bits per heavy atom. The molecule has 246 valence electrons. The molecule has 5 aromatic rings. The van der Waals surface area contributed by atoms with E-state index in [0.29, 0.717) is 42.5 Å². The summed E-state index contributed by atoms with van der Waals surface area (Å²) >= 11 is 5.88. The summed E-state index contributed by atoms with van der Waals surface area (Å²) in [5.74, 6) is -2.59. The monoisotopic (exact) mass is 669 g/mol. The van der Waals surface area contributed by atoms with Crippen LogP contribution in [-0.2, 0) is 4.74 Å². The van der Waals surface area contributed by atoms with E-state index in [1.165, 1.54) is 38.7 Å². The molecule has 0 bridgehead atoms. The lowest BCUT2D eigenvalue weighted by molar-refractivity contribution is -0.170. The van der Waals surface area contributed by atoms with Crippen molar-refractivity contribution in [3.05, 3.63) is 71.8 Å². The Balaban J connectivity index is 0.000000248. The molecule has 0 amide bonds. The van der Waals surface area contributed by atoms with E-state index >= 15 is 0 Å². The molecule has 0 aliphatic carbocycles. The third-order valence-electron chi connectivity index (χ3n) is 7.89. The lowest BCUT2D eigenvalue weighted by Crippen LogP contribution is -2.60. The maximum Gasteiger partial charge on any atom is 0.318 e. The average Bonchev–Trinajstić information content (AvgIpc) is 3.03. The number of fused-ring (bicyclic) bond motifs is 2. The molecule has 1 atom stereocenters. The number of hydrogen-bond acceptors (Lipinski definition) is 11. The lowest BCUT2D eigenvalue weighted by atomic mass is 10.0. The Kier molecular flexibility index (Phi) is 9.34. The van der Waals surface area contributed by atoms with Gasteiger partial charge >= 0.3 is 6.01 Å². The number of likely N-dealkylation sites (tertiary alicyclic amines) is 1. The molecule has 0 spiro atoms. The van der Waals surface area contributed by atoms with E-state index in [1.807, 2.05) is 24.3 Å². The normalized spacial score (nSPS) is 17.8. The Hall–Kier alpha value is -4.66. The third kappa shape index (κ3) is 6.89. The first-order valence-electron chi connectivity index (χ1n) is 14.6. The minimum absolute atomic E-state index is 0.0275. The minimum Gasteiger partial charge on any atom is -0.493 e. The number of piperidine rings is 1. The highest BCUT2D eigenvalue weighted by Crippen LogP contribution is 2.39. The summed E-state index contributed by atoms with van der Waals surface area (Å²) in [5.41, 5.74) is 7.08. The Bertz CT molecular complexity index is 1900. The second-order valence-corrected chi connectivity index (χ2v) is 11.3. The number of para-hydroxylation sites is 1. The molecule has 2 saturated heterocycles. The fraction of sp³-hybridized carbons (Fsp3) is 0.312. The van der Waals surface area contributed by atoms with Crippen molar-refractivity contribution in [3.63, 3.8) is 0 Å². The van der Waals surface area contributed by atoms with Gasteiger partial charge in [0.25, 0.3) is 5.92 Å². The number of anilines is 3. The van der Waals surface area contributed by atoms with Gasteiger partial charge in [0.05, 0.1) is 61.8 Å². The van der Waals surface area contributed by atoms with Gasteiger partial charge in [-0.25, -0.2) is 23.1 Å². The third-order valence-corrected chi connectivity index (χ3v) is 8.18. The van der Waals surface area contributed by atoms with Crippen molar-refractivity contribution in [3.8, 4) is 17.5 Å². The zero-order chi connectivity index (χ0) is 33.1. The van der Waals surface area contributed by atoms with Crippen LogP contribution in [0.1, 0.15) is 6.42 Å². The Morgan fingerprint density at radius 2 is 1.79 bits per heavy atom. The van der Waals surface area contributed by atoms with Crippen molar-refractivity contribution in [2.75, 3.05) is 51.6 Å². The number of nitrogens with two attached hydrogens (primary N) is 1. The van der Waals surface area contributed by atoms with Crippen LogP contribution in [0, 0.1) is 5.82 Å². The van der Waals surface area contributed by atoms with E-state index in [1.54, 1.807) is 17.0 Å². The molecule has 3 aromatic carbocycles. The molecule has 0 saturated carbocycles. The van der Waals surface area contributed by atoms with Crippen molar-refractivity contribution >= 4 is 50.7 Å². The van der Waals surface area contributed by atoms with Crippen LogP contribution in [0.15, 0.2) is 60.9 Å². The number of methoxy groups -OCH3 is 2. The summed E-state index contributed by atoms with van der Waals surface area (Å²) in [5, 5.41) is 4.15. The maximum absolute atomic E-state index is 15.0. The molecule has 3 N–H and O–H groups in total. The van der Waals surface area contributed by atoms with Gasteiger partial charge in [0.15, 0.2) is 23.4 Å². The number of hydrogen-bond donors (Lipinski definition) is 2. The molecule has 0 radical (unpaired) electrons. The second kappa shape index (κ2) is 13.6. The predicted octanol–water partition coefficient (Wildman–Crippen LogP) is 5.88. The highest BCUT2D eigenvalue weighted by atomic mass is 35.5. The Morgan fingerprint density at radius 1 is 0.979 bits per heavy atom. The number of ether oxygens (including phenoxy) is 4. The molecule has 0 unspecified atom stereocenters. The first-order valence-corrected chi connectivity index (χ1v) is 15.0. The highest BCUT2D eigenvalue weighted by molar-refractivity contribution is 6.31. The standard InChI is InChI=1S/C23H22ClF3N4O3.C9H9N3O/c1-32-18-8-17-14(22(29-12-28-17)30-16-4-2-3-15(24)21(16)25)7-19(18)34-20-5-6-31(11-23(20,26)27)13-9-33-10-13;1-13-9-11-7-5-3-2-4-6(7)8(10)12-9/h2-4,7-8,12-13,20H,5-6,9-11H2,1H3,(H,28,29,30);2-5H,1H3,(H2,10,11,12)/t20-;/m1./s1. The van der Waals surface area contributed by atoms with E-state index in [0.717, 1.165) is 10.9 Å². The van der Waals surface area contributed by atoms with Crippen molar-refractivity contribution < 1.29 is 32.1 Å². The van der Waals surface area contributed by atoms with Gasteiger partial charge in [-0.1, -0.05) is 29.8 Å². The molecule has 11 nitrogen and oxygen atoms in total. The van der Waals surface area contributed by atoms with Crippen molar-refractivity contribution in [2.24, 2.45) is 0 Å². The van der Waals surface area contributed by atoms with Crippen molar-refractivity contribution in [1.82, 2.24) is 24.8 Å². The first-order chi connectivity index (χ1) is 22.7. The van der Waals surface area contributed by atoms with Gasteiger partial charge in [-0.2, -0.15) is 9.97 Å². The van der Waals surface area contributed by atoms with Crippen LogP contribution >= 0.6 is 11.6 Å². The number of nitrogen functional groups attached to an aromatic ring is 1. The van der Waals surface area contributed by atoms with Crippen molar-refractivity contribution in [2.45, 2.75) is 24.5 Å². The van der Waals surface area contributed by atoms with Crippen LogP contribution in [0.2, 0.25) is 5.02 Å². The zero-order valence-electron chi connectivity index (χ0n) is 25.4. The largest absolute Gasteiger partial charge is 0.493 e. The lowest BCUT2D eigenvalue weighted by Gasteiger charge is -2.44. The number of alkyl halides is 2. The van der Waals surface area contributed by atoms with Gasteiger partial charge in [0.2, 0.25) is 0 Å². The van der Waals surface area contributed by atoms with Gasteiger partial charge in [-0.15, -0.1) is 0 Å². The summed E-state index contributed by atoms with van der Waals surface area (Å²) in [4.78, 5) is 18.3. The average molecular weight is 670 g/mol. The van der Waals surface area contributed by atoms with E-state index in [2.05, 4.69) is 25.3 Å². The number of nitrogens with one attached hydrogen (secondary N) is 1. The molecule has 2 aliphatic rings. The fourth-order valence-electron chi connectivity index (χ4n) is 5.30. The summed E-state index contributed by atoms with van der Waals surface area (Å²) < 4.78 is 65.6. The van der Waals surface area contributed by atoms with Gasteiger partial charge < -0.3 is 30.0 Å². The van der Waals surface area contributed by atoms with E-state index < -0.39 is 24.4 Å². The smallest absolute Gasteiger partial charge is 0.318 e. The number of aromatic nitrogens is 4. The van der Waals surface area contributed by atoms with Crippen LogP contribution in [0.4, 0.5) is 30.5 Å². The topological polar surface area (TPSA) is 130 Å². The molecular weight excluding hydrogens is 639 g/mol. The zero-order valence-corrected chi connectivity index (χ0v) is 26.2. The SMILES string of the molecule is COc1cc2ncnc(Nc3cccc(Cl)c3F)c2cc1O[C@@H]1CCN(C2COC2)CC1(F)F.COc1nc(N)c2ccccc2n1. The molecule has 2 aliphatic heterocycles. The number of halogens is 4. The predicted molar refractivity (Wildman–Crippen MR) is 171 cm³/mol. The molecule has 2 fully saturated rings. The summed E-state index contributed by atoms with van der Waals surface area (Å²) in [7, 11) is 2.94. The molecule has 15 heteroatoms. The molecular formula is C32H31ClF3N7O4. The quantitative estimate of drug-likeness (QED) is 0.215. The van der Waals surface area contributed by atoms with Crippen LogP contribution in [0.5, 0.6) is 17.5 Å². The van der Waals surface area contributed by atoms with E-state index in [-0.39, 0.29) is 40.5 Å². The summed E-state index contributed by atoms with van der Waals surface area (Å²) in [6.45, 7) is 1.03.